The fourth-order valence-electron chi connectivity index (χ4n) is 2.84. The molecule has 1 amide bonds. The Morgan fingerprint density at radius 3 is 2.87 bits per heavy atom. The monoisotopic (exact) mass is 327 g/mol. The van der Waals surface area contributed by atoms with E-state index in [4.69, 9.17) is 4.42 Å². The van der Waals surface area contributed by atoms with E-state index in [1.165, 1.54) is 12.1 Å². The van der Waals surface area contributed by atoms with Crippen molar-refractivity contribution in [3.05, 3.63) is 71.7 Å². The van der Waals surface area contributed by atoms with Crippen LogP contribution in [0.15, 0.2) is 59.0 Å². The van der Waals surface area contributed by atoms with Gasteiger partial charge in [-0.25, -0.2) is 4.39 Å². The molecule has 1 aromatic heterocycles. The Labute approximate surface area is 137 Å². The van der Waals surface area contributed by atoms with Gasteiger partial charge < -0.3 is 9.32 Å². The molecule has 1 aliphatic rings. The van der Waals surface area contributed by atoms with E-state index in [1.54, 1.807) is 28.8 Å². The number of carbonyl (C=O) groups excluding carboxylic acids is 1. The molecular formula is C18H14FNO2S. The number of hydrogen-bond donors (Lipinski definition) is 0. The number of hydrogen-bond acceptors (Lipinski definition) is 3. The number of para-hydroxylation sites is 1. The molecule has 1 unspecified atom stereocenters. The van der Waals surface area contributed by atoms with Crippen molar-refractivity contribution in [1.82, 2.24) is 4.90 Å². The number of rotatable bonds is 2. The summed E-state index contributed by atoms with van der Waals surface area (Å²) in [6.45, 7) is 0.627. The Bertz CT molecular complexity index is 843. The van der Waals surface area contributed by atoms with Crippen molar-refractivity contribution < 1.29 is 13.6 Å². The Kier molecular flexibility index (Phi) is 3.58. The van der Waals surface area contributed by atoms with E-state index < -0.39 is 0 Å². The molecule has 0 aliphatic carbocycles. The van der Waals surface area contributed by atoms with Crippen LogP contribution in [0.5, 0.6) is 0 Å². The van der Waals surface area contributed by atoms with Gasteiger partial charge in [0.25, 0.3) is 5.91 Å². The summed E-state index contributed by atoms with van der Waals surface area (Å²) in [5.41, 5.74) is 1.50. The summed E-state index contributed by atoms with van der Waals surface area (Å²) in [4.78, 5) is 14.6. The van der Waals surface area contributed by atoms with E-state index >= 15 is 0 Å². The third kappa shape index (κ3) is 2.61. The first kappa shape index (κ1) is 14.3. The molecule has 2 heterocycles. The van der Waals surface area contributed by atoms with Gasteiger partial charge in [-0.1, -0.05) is 30.3 Å². The second kappa shape index (κ2) is 5.74. The van der Waals surface area contributed by atoms with Crippen molar-refractivity contribution in [3.63, 3.8) is 0 Å². The molecule has 1 atom stereocenters. The quantitative estimate of drug-likeness (QED) is 0.697. The van der Waals surface area contributed by atoms with Crippen molar-refractivity contribution in [3.8, 4) is 0 Å². The first-order chi connectivity index (χ1) is 11.2. The third-order valence-corrected chi connectivity index (χ3v) is 5.18. The van der Waals surface area contributed by atoms with E-state index in [2.05, 4.69) is 0 Å². The van der Waals surface area contributed by atoms with Gasteiger partial charge in [-0.15, -0.1) is 11.8 Å². The van der Waals surface area contributed by atoms with Gasteiger partial charge in [-0.05, 0) is 29.8 Å². The van der Waals surface area contributed by atoms with E-state index in [0.717, 1.165) is 16.7 Å². The van der Waals surface area contributed by atoms with Crippen LogP contribution in [0.4, 0.5) is 4.39 Å². The van der Waals surface area contributed by atoms with Crippen LogP contribution in [0.25, 0.3) is 11.0 Å². The lowest BCUT2D eigenvalue weighted by Crippen LogP contribution is -2.30. The van der Waals surface area contributed by atoms with E-state index in [0.29, 0.717) is 17.9 Å². The smallest absolute Gasteiger partial charge is 0.290 e. The number of fused-ring (bicyclic) bond motifs is 1. The summed E-state index contributed by atoms with van der Waals surface area (Å²) in [5, 5.41) is 0.733. The number of halogens is 1. The summed E-state index contributed by atoms with van der Waals surface area (Å²) >= 11 is 1.64. The molecule has 5 heteroatoms. The Morgan fingerprint density at radius 2 is 2.04 bits per heavy atom. The van der Waals surface area contributed by atoms with Crippen LogP contribution < -0.4 is 0 Å². The number of nitrogens with zero attached hydrogens (tertiary/aromatic N) is 1. The van der Waals surface area contributed by atoms with Crippen LogP contribution >= 0.6 is 11.8 Å². The number of furan rings is 1. The van der Waals surface area contributed by atoms with Crippen LogP contribution in [0.1, 0.15) is 21.5 Å². The number of carbonyl (C=O) groups is 1. The first-order valence-electron chi connectivity index (χ1n) is 7.39. The maximum absolute atomic E-state index is 13.5. The van der Waals surface area contributed by atoms with Gasteiger partial charge >= 0.3 is 0 Å². The highest BCUT2D eigenvalue weighted by Crippen LogP contribution is 2.39. The van der Waals surface area contributed by atoms with Crippen molar-refractivity contribution in [2.75, 3.05) is 12.3 Å². The highest BCUT2D eigenvalue weighted by molar-refractivity contribution is 7.99. The van der Waals surface area contributed by atoms with Crippen molar-refractivity contribution >= 4 is 28.6 Å². The van der Waals surface area contributed by atoms with Gasteiger partial charge in [0.1, 0.15) is 16.8 Å². The normalized spacial score (nSPS) is 17.8. The van der Waals surface area contributed by atoms with Crippen LogP contribution in [0, 0.1) is 5.82 Å². The second-order valence-corrected chi connectivity index (χ2v) is 6.61. The molecule has 1 aliphatic heterocycles. The minimum absolute atomic E-state index is 0.152. The molecule has 3 aromatic rings. The fraction of sp³-hybridized carbons (Fsp3) is 0.167. The number of thioether (sulfide) groups is 1. The predicted octanol–water partition coefficient (Wildman–Crippen LogP) is 4.46. The van der Waals surface area contributed by atoms with Gasteiger partial charge in [0.2, 0.25) is 0 Å². The maximum Gasteiger partial charge on any atom is 0.290 e. The Morgan fingerprint density at radius 1 is 1.17 bits per heavy atom. The minimum Gasteiger partial charge on any atom is -0.451 e. The summed E-state index contributed by atoms with van der Waals surface area (Å²) < 4.78 is 19.2. The second-order valence-electron chi connectivity index (χ2n) is 5.43. The molecule has 2 aromatic carbocycles. The maximum atomic E-state index is 13.5. The van der Waals surface area contributed by atoms with E-state index in [9.17, 15) is 9.18 Å². The SMILES string of the molecule is O=C(c1cc2ccccc2o1)N1CCSC1c1cccc(F)c1. The van der Waals surface area contributed by atoms with Gasteiger partial charge in [-0.2, -0.15) is 0 Å². The molecule has 116 valence electrons. The molecule has 1 fully saturated rings. The number of amides is 1. The molecule has 1 saturated heterocycles. The molecular weight excluding hydrogens is 313 g/mol. The zero-order valence-corrected chi connectivity index (χ0v) is 13.1. The molecule has 0 N–H and O–H groups in total. The molecule has 3 nitrogen and oxygen atoms in total. The predicted molar refractivity (Wildman–Crippen MR) is 88.8 cm³/mol. The van der Waals surface area contributed by atoms with Gasteiger partial charge in [0.15, 0.2) is 5.76 Å². The molecule has 0 saturated carbocycles. The van der Waals surface area contributed by atoms with Gasteiger partial charge in [0.05, 0.1) is 0 Å². The lowest BCUT2D eigenvalue weighted by Gasteiger charge is -2.23. The average Bonchev–Trinajstić information content (AvgIpc) is 3.21. The van der Waals surface area contributed by atoms with Crippen LogP contribution in [-0.2, 0) is 0 Å². The van der Waals surface area contributed by atoms with Crippen LogP contribution in [-0.4, -0.2) is 23.1 Å². The van der Waals surface area contributed by atoms with Crippen molar-refractivity contribution in [2.45, 2.75) is 5.37 Å². The zero-order chi connectivity index (χ0) is 15.8. The third-order valence-electron chi connectivity index (χ3n) is 3.92. The average molecular weight is 327 g/mol. The molecule has 0 radical (unpaired) electrons. The van der Waals surface area contributed by atoms with Crippen molar-refractivity contribution in [1.29, 1.82) is 0 Å². The zero-order valence-electron chi connectivity index (χ0n) is 12.2. The van der Waals surface area contributed by atoms with Crippen LogP contribution in [0.2, 0.25) is 0 Å². The summed E-state index contributed by atoms with van der Waals surface area (Å²) in [7, 11) is 0. The summed E-state index contributed by atoms with van der Waals surface area (Å²) in [6.07, 6.45) is 0. The summed E-state index contributed by atoms with van der Waals surface area (Å²) in [5.74, 6) is 0.717. The number of benzene rings is 2. The largest absolute Gasteiger partial charge is 0.451 e. The molecule has 4 rings (SSSR count). The van der Waals surface area contributed by atoms with Crippen molar-refractivity contribution in [2.24, 2.45) is 0 Å². The van der Waals surface area contributed by atoms with Crippen LogP contribution in [0.3, 0.4) is 0 Å². The van der Waals surface area contributed by atoms with Gasteiger partial charge in [-0.3, -0.25) is 4.79 Å². The van der Waals surface area contributed by atoms with E-state index in [1.807, 2.05) is 30.3 Å². The highest BCUT2D eigenvalue weighted by atomic mass is 32.2. The molecule has 0 bridgehead atoms. The van der Waals surface area contributed by atoms with E-state index in [-0.39, 0.29) is 17.1 Å². The minimum atomic E-state index is -0.286. The lowest BCUT2D eigenvalue weighted by molar-refractivity contribution is 0.0730. The Balaban J connectivity index is 1.66. The summed E-state index contributed by atoms with van der Waals surface area (Å²) in [6, 6.07) is 15.7. The highest BCUT2D eigenvalue weighted by Gasteiger charge is 2.33. The lowest BCUT2D eigenvalue weighted by atomic mass is 10.2. The molecule has 23 heavy (non-hydrogen) atoms. The fourth-order valence-corrected chi connectivity index (χ4v) is 4.09. The standard InChI is InChI=1S/C18H14FNO2S/c19-14-6-3-5-13(10-14)18-20(8-9-23-18)17(21)16-11-12-4-1-2-7-15(12)22-16/h1-7,10-11,18H,8-9H2. The Hall–Kier alpha value is -2.27. The first-order valence-corrected chi connectivity index (χ1v) is 8.44. The topological polar surface area (TPSA) is 33.5 Å². The van der Waals surface area contributed by atoms with Gasteiger partial charge in [0, 0.05) is 17.7 Å². The molecule has 0 spiro atoms.